The number of pyridine rings is 1. The number of esters is 1. The number of nitrogens with zero attached hydrogens (tertiary/aromatic N) is 1. The molecule has 0 spiro atoms. The summed E-state index contributed by atoms with van der Waals surface area (Å²) in [7, 11) is 0. The van der Waals surface area contributed by atoms with Crippen molar-refractivity contribution in [1.82, 2.24) is 4.98 Å². The molecule has 4 rings (SSSR count). The van der Waals surface area contributed by atoms with Crippen molar-refractivity contribution in [3.63, 3.8) is 0 Å². The second-order valence-corrected chi connectivity index (χ2v) is 7.54. The number of hydrogen-bond donors (Lipinski definition) is 1. The Bertz CT molecular complexity index is 1070. The van der Waals surface area contributed by atoms with Crippen LogP contribution in [0.25, 0.3) is 10.4 Å². The number of benzene rings is 1. The van der Waals surface area contributed by atoms with E-state index in [1.807, 2.05) is 24.3 Å². The molecule has 3 heterocycles. The molecular formula is C20H15ClN2O4S. The van der Waals surface area contributed by atoms with Crippen molar-refractivity contribution < 1.29 is 19.1 Å². The highest BCUT2D eigenvalue weighted by Crippen LogP contribution is 2.42. The molecule has 142 valence electrons. The Labute approximate surface area is 170 Å². The van der Waals surface area contributed by atoms with Crippen LogP contribution in [-0.4, -0.2) is 23.0 Å². The number of ether oxygens (including phenoxy) is 2. The topological polar surface area (TPSA) is 77.5 Å². The lowest BCUT2D eigenvalue weighted by Gasteiger charge is -2.16. The summed E-state index contributed by atoms with van der Waals surface area (Å²) in [6.07, 6.45) is 0.522. The monoisotopic (exact) mass is 414 g/mol. The molecule has 1 amide bonds. The summed E-state index contributed by atoms with van der Waals surface area (Å²) < 4.78 is 11.0. The van der Waals surface area contributed by atoms with Crippen LogP contribution < -0.4 is 10.1 Å². The second-order valence-electron chi connectivity index (χ2n) is 6.13. The molecule has 28 heavy (non-hydrogen) atoms. The van der Waals surface area contributed by atoms with Crippen LogP contribution in [0.3, 0.4) is 0 Å². The smallest absolute Gasteiger partial charge is 0.349 e. The molecule has 1 unspecified atom stereocenters. The third-order valence-electron chi connectivity index (χ3n) is 4.20. The Kier molecular flexibility index (Phi) is 5.02. The Balaban J connectivity index is 1.47. The first-order chi connectivity index (χ1) is 13.5. The summed E-state index contributed by atoms with van der Waals surface area (Å²) in [5.41, 5.74) is 2.23. The van der Waals surface area contributed by atoms with Crippen LogP contribution in [0.4, 0.5) is 5.69 Å². The highest BCUT2D eigenvalue weighted by Gasteiger charge is 2.25. The van der Waals surface area contributed by atoms with E-state index in [4.69, 9.17) is 21.1 Å². The molecule has 0 bridgehead atoms. The number of amides is 1. The summed E-state index contributed by atoms with van der Waals surface area (Å²) in [6, 6.07) is 12.7. The Hall–Kier alpha value is -2.90. The number of carbonyl (C=O) groups is 2. The van der Waals surface area contributed by atoms with E-state index in [1.54, 1.807) is 18.2 Å². The van der Waals surface area contributed by atoms with Gasteiger partial charge in [-0.1, -0.05) is 23.7 Å². The van der Waals surface area contributed by atoms with Crippen LogP contribution in [0.5, 0.6) is 5.75 Å². The van der Waals surface area contributed by atoms with E-state index >= 15 is 0 Å². The minimum Gasteiger partial charge on any atom is -0.488 e. The lowest BCUT2D eigenvalue weighted by atomic mass is 10.1. The fourth-order valence-electron chi connectivity index (χ4n) is 2.79. The molecule has 2 aromatic heterocycles. The van der Waals surface area contributed by atoms with Gasteiger partial charge in [0.2, 0.25) is 0 Å². The van der Waals surface area contributed by atoms with Gasteiger partial charge in [0.25, 0.3) is 5.91 Å². The number of hydrogen-bond acceptors (Lipinski definition) is 6. The van der Waals surface area contributed by atoms with Gasteiger partial charge in [-0.15, -0.1) is 11.3 Å². The van der Waals surface area contributed by atoms with Crippen molar-refractivity contribution in [2.45, 2.75) is 19.6 Å². The lowest BCUT2D eigenvalue weighted by Crippen LogP contribution is -2.29. The standard InChI is InChI=1S/C20H15ClN2O4S/c1-11(19(24)23-14-6-4-8-22-18(14)21)27-20(25)16-9-12-10-26-15-7-3-2-5-13(15)17(12)28-16/h2-9,11H,10H2,1H3,(H,23,24). The van der Waals surface area contributed by atoms with Crippen molar-refractivity contribution in [1.29, 1.82) is 0 Å². The van der Waals surface area contributed by atoms with Crippen molar-refractivity contribution in [2.75, 3.05) is 5.32 Å². The molecule has 0 saturated carbocycles. The molecule has 1 aromatic carbocycles. The van der Waals surface area contributed by atoms with Crippen LogP contribution >= 0.6 is 22.9 Å². The van der Waals surface area contributed by atoms with Crippen LogP contribution in [0.1, 0.15) is 22.2 Å². The highest BCUT2D eigenvalue weighted by molar-refractivity contribution is 7.17. The number of anilines is 1. The maximum atomic E-state index is 12.5. The van der Waals surface area contributed by atoms with Gasteiger partial charge in [0, 0.05) is 22.2 Å². The van der Waals surface area contributed by atoms with Gasteiger partial charge in [-0.2, -0.15) is 0 Å². The first-order valence-electron chi connectivity index (χ1n) is 8.50. The normalized spacial score (nSPS) is 12.9. The third-order valence-corrected chi connectivity index (χ3v) is 5.69. The fraction of sp³-hybridized carbons (Fsp3) is 0.150. The molecule has 8 heteroatoms. The SMILES string of the molecule is CC(OC(=O)c1cc2c(s1)-c1ccccc1OC2)C(=O)Nc1cccnc1Cl. The van der Waals surface area contributed by atoms with Gasteiger partial charge in [-0.05, 0) is 37.3 Å². The molecule has 1 aliphatic rings. The van der Waals surface area contributed by atoms with E-state index in [1.165, 1.54) is 24.5 Å². The molecule has 1 N–H and O–H groups in total. The lowest BCUT2D eigenvalue weighted by molar-refractivity contribution is -0.123. The quantitative estimate of drug-likeness (QED) is 0.501. The molecule has 3 aromatic rings. The number of carbonyl (C=O) groups excluding carboxylic acids is 2. The van der Waals surface area contributed by atoms with Crippen LogP contribution in [0.2, 0.25) is 5.15 Å². The van der Waals surface area contributed by atoms with Gasteiger partial charge in [0.05, 0.1) is 5.69 Å². The number of rotatable bonds is 4. The van der Waals surface area contributed by atoms with E-state index in [0.29, 0.717) is 17.2 Å². The zero-order chi connectivity index (χ0) is 19.7. The Morgan fingerprint density at radius 3 is 2.93 bits per heavy atom. The number of para-hydroxylation sites is 1. The Morgan fingerprint density at radius 2 is 2.11 bits per heavy atom. The van der Waals surface area contributed by atoms with E-state index in [2.05, 4.69) is 10.3 Å². The zero-order valence-corrected chi connectivity index (χ0v) is 16.3. The van der Waals surface area contributed by atoms with E-state index in [9.17, 15) is 9.59 Å². The predicted octanol–water partition coefficient (Wildman–Crippen LogP) is 4.54. The van der Waals surface area contributed by atoms with Crippen LogP contribution in [0, 0.1) is 0 Å². The fourth-order valence-corrected chi connectivity index (χ4v) is 4.03. The molecule has 0 radical (unpaired) electrons. The molecular weight excluding hydrogens is 400 g/mol. The number of halogens is 1. The molecule has 0 saturated heterocycles. The van der Waals surface area contributed by atoms with E-state index in [0.717, 1.165) is 21.8 Å². The molecule has 0 fully saturated rings. The van der Waals surface area contributed by atoms with Gasteiger partial charge < -0.3 is 14.8 Å². The summed E-state index contributed by atoms with van der Waals surface area (Å²) in [5.74, 6) is -0.257. The Morgan fingerprint density at radius 1 is 1.29 bits per heavy atom. The van der Waals surface area contributed by atoms with E-state index < -0.39 is 18.0 Å². The maximum Gasteiger partial charge on any atom is 0.349 e. The van der Waals surface area contributed by atoms with Gasteiger partial charge >= 0.3 is 5.97 Å². The average molecular weight is 415 g/mol. The number of fused-ring (bicyclic) bond motifs is 3. The predicted molar refractivity (Wildman–Crippen MR) is 107 cm³/mol. The van der Waals surface area contributed by atoms with Crippen molar-refractivity contribution in [2.24, 2.45) is 0 Å². The summed E-state index contributed by atoms with van der Waals surface area (Å²) >= 11 is 7.26. The molecule has 1 atom stereocenters. The minimum absolute atomic E-state index is 0.166. The van der Waals surface area contributed by atoms with Gasteiger partial charge in [-0.3, -0.25) is 4.79 Å². The van der Waals surface area contributed by atoms with Crippen LogP contribution in [0.15, 0.2) is 48.7 Å². The summed E-state index contributed by atoms with van der Waals surface area (Å²) in [5, 5.41) is 2.77. The first kappa shape index (κ1) is 18.5. The van der Waals surface area contributed by atoms with Crippen LogP contribution in [-0.2, 0) is 16.1 Å². The maximum absolute atomic E-state index is 12.5. The number of aromatic nitrogens is 1. The molecule has 1 aliphatic heterocycles. The summed E-state index contributed by atoms with van der Waals surface area (Å²) in [4.78, 5) is 30.1. The average Bonchev–Trinajstić information content (AvgIpc) is 3.14. The zero-order valence-electron chi connectivity index (χ0n) is 14.8. The summed E-state index contributed by atoms with van der Waals surface area (Å²) in [6.45, 7) is 1.90. The van der Waals surface area contributed by atoms with Gasteiger partial charge in [0.1, 0.15) is 17.2 Å². The van der Waals surface area contributed by atoms with E-state index in [-0.39, 0.29) is 5.15 Å². The van der Waals surface area contributed by atoms with Crippen molar-refractivity contribution in [3.8, 4) is 16.2 Å². The molecule has 6 nitrogen and oxygen atoms in total. The second kappa shape index (κ2) is 7.61. The third kappa shape index (κ3) is 3.58. The highest BCUT2D eigenvalue weighted by atomic mass is 35.5. The van der Waals surface area contributed by atoms with Gasteiger partial charge in [0.15, 0.2) is 11.3 Å². The number of thiophene rings is 1. The van der Waals surface area contributed by atoms with Gasteiger partial charge in [-0.25, -0.2) is 9.78 Å². The van der Waals surface area contributed by atoms with Crippen molar-refractivity contribution in [3.05, 3.63) is 64.3 Å². The number of nitrogens with one attached hydrogen (secondary N) is 1. The molecule has 0 aliphatic carbocycles. The first-order valence-corrected chi connectivity index (χ1v) is 9.69. The largest absolute Gasteiger partial charge is 0.488 e. The van der Waals surface area contributed by atoms with Crippen molar-refractivity contribution >= 4 is 40.5 Å². The minimum atomic E-state index is -0.994.